The summed E-state index contributed by atoms with van der Waals surface area (Å²) in [5, 5.41) is 0. The molecular weight excluding hydrogens is 236 g/mol. The van der Waals surface area contributed by atoms with Crippen LogP contribution in [0.5, 0.6) is 5.75 Å². The third kappa shape index (κ3) is 3.32. The van der Waals surface area contributed by atoms with Crippen molar-refractivity contribution in [2.75, 3.05) is 7.11 Å². The van der Waals surface area contributed by atoms with E-state index in [0.717, 1.165) is 11.1 Å². The number of carbonyl (C=O) groups is 1. The maximum absolute atomic E-state index is 12.1. The summed E-state index contributed by atoms with van der Waals surface area (Å²) in [6.07, 6.45) is 3.38. The van der Waals surface area contributed by atoms with Crippen LogP contribution in [0.25, 0.3) is 6.08 Å². The van der Waals surface area contributed by atoms with E-state index in [2.05, 4.69) is 0 Å². The fourth-order valence-corrected chi connectivity index (χ4v) is 1.83. The molecule has 0 fully saturated rings. The molecule has 2 heteroatoms. The van der Waals surface area contributed by atoms with Crippen LogP contribution >= 0.6 is 0 Å². The van der Waals surface area contributed by atoms with Gasteiger partial charge in [-0.05, 0) is 36.3 Å². The number of ether oxygens (including phenoxy) is 1. The van der Waals surface area contributed by atoms with E-state index in [1.807, 2.05) is 55.5 Å². The zero-order chi connectivity index (χ0) is 13.7. The summed E-state index contributed by atoms with van der Waals surface area (Å²) in [6, 6.07) is 15.3. The summed E-state index contributed by atoms with van der Waals surface area (Å²) >= 11 is 0. The molecule has 0 aliphatic heterocycles. The lowest BCUT2D eigenvalue weighted by Crippen LogP contribution is -1.99. The highest BCUT2D eigenvalue weighted by Crippen LogP contribution is 2.21. The zero-order valence-corrected chi connectivity index (χ0v) is 11.1. The maximum atomic E-state index is 12.1. The Morgan fingerprint density at radius 1 is 1.11 bits per heavy atom. The molecule has 0 aliphatic carbocycles. The molecule has 0 aliphatic rings. The SMILES string of the molecule is COc1cc(C)ccc1C(=O)/C=C/c1ccccc1. The molecule has 0 unspecified atom stereocenters. The van der Waals surface area contributed by atoms with Gasteiger partial charge in [0, 0.05) is 0 Å². The monoisotopic (exact) mass is 252 g/mol. The van der Waals surface area contributed by atoms with Gasteiger partial charge in [-0.1, -0.05) is 42.5 Å². The second-order valence-electron chi connectivity index (χ2n) is 4.31. The molecule has 0 aromatic heterocycles. The molecule has 0 bridgehead atoms. The van der Waals surface area contributed by atoms with Gasteiger partial charge in [-0.2, -0.15) is 0 Å². The van der Waals surface area contributed by atoms with Crippen LogP contribution in [0, 0.1) is 6.92 Å². The van der Waals surface area contributed by atoms with Crippen molar-refractivity contribution >= 4 is 11.9 Å². The van der Waals surface area contributed by atoms with Gasteiger partial charge in [0.15, 0.2) is 5.78 Å². The molecule has 0 amide bonds. The molecule has 2 aromatic carbocycles. The molecule has 0 radical (unpaired) electrons. The van der Waals surface area contributed by atoms with Crippen LogP contribution in [0.4, 0.5) is 0 Å². The second kappa shape index (κ2) is 6.01. The topological polar surface area (TPSA) is 26.3 Å². The molecule has 0 atom stereocenters. The lowest BCUT2D eigenvalue weighted by molar-refractivity contribution is 0.104. The standard InChI is InChI=1S/C17H16O2/c1-13-8-10-15(17(12-13)19-2)16(18)11-9-14-6-4-3-5-7-14/h3-12H,1-2H3/b11-9+. The predicted molar refractivity (Wildman–Crippen MR) is 77.5 cm³/mol. The van der Waals surface area contributed by atoms with E-state index in [-0.39, 0.29) is 5.78 Å². The summed E-state index contributed by atoms with van der Waals surface area (Å²) in [4.78, 5) is 12.1. The van der Waals surface area contributed by atoms with Gasteiger partial charge in [-0.25, -0.2) is 0 Å². The van der Waals surface area contributed by atoms with Crippen molar-refractivity contribution in [3.8, 4) is 5.75 Å². The van der Waals surface area contributed by atoms with Crippen LogP contribution < -0.4 is 4.74 Å². The Bertz CT molecular complexity index is 598. The number of ketones is 1. The highest BCUT2D eigenvalue weighted by molar-refractivity contribution is 6.08. The molecule has 2 aromatic rings. The van der Waals surface area contributed by atoms with E-state index in [4.69, 9.17) is 4.74 Å². The fourth-order valence-electron chi connectivity index (χ4n) is 1.83. The minimum absolute atomic E-state index is 0.0549. The number of carbonyl (C=O) groups excluding carboxylic acids is 1. The average molecular weight is 252 g/mol. The number of allylic oxidation sites excluding steroid dienone is 1. The first kappa shape index (κ1) is 13.1. The normalized spacial score (nSPS) is 10.6. The highest BCUT2D eigenvalue weighted by atomic mass is 16.5. The van der Waals surface area contributed by atoms with Gasteiger partial charge < -0.3 is 4.74 Å². The zero-order valence-electron chi connectivity index (χ0n) is 11.1. The van der Waals surface area contributed by atoms with Crippen molar-refractivity contribution in [1.82, 2.24) is 0 Å². The molecule has 2 nitrogen and oxygen atoms in total. The van der Waals surface area contributed by atoms with Gasteiger partial charge in [0.1, 0.15) is 5.75 Å². The first-order valence-corrected chi connectivity index (χ1v) is 6.13. The number of hydrogen-bond donors (Lipinski definition) is 0. The van der Waals surface area contributed by atoms with Crippen molar-refractivity contribution in [2.24, 2.45) is 0 Å². The third-order valence-corrected chi connectivity index (χ3v) is 2.85. The largest absolute Gasteiger partial charge is 0.496 e. The summed E-state index contributed by atoms with van der Waals surface area (Å²) in [6.45, 7) is 1.97. The maximum Gasteiger partial charge on any atom is 0.189 e. The van der Waals surface area contributed by atoms with E-state index in [9.17, 15) is 4.79 Å². The third-order valence-electron chi connectivity index (χ3n) is 2.85. The number of rotatable bonds is 4. The van der Waals surface area contributed by atoms with Crippen LogP contribution in [0.1, 0.15) is 21.5 Å². The van der Waals surface area contributed by atoms with E-state index in [1.54, 1.807) is 19.3 Å². The van der Waals surface area contributed by atoms with Crippen LogP contribution in [-0.2, 0) is 0 Å². The van der Waals surface area contributed by atoms with Gasteiger partial charge in [0.05, 0.1) is 12.7 Å². The predicted octanol–water partition coefficient (Wildman–Crippen LogP) is 3.90. The van der Waals surface area contributed by atoms with Gasteiger partial charge in [-0.3, -0.25) is 4.79 Å². The highest BCUT2D eigenvalue weighted by Gasteiger charge is 2.09. The molecule has 0 saturated heterocycles. The Kier molecular flexibility index (Phi) is 4.14. The number of benzene rings is 2. The van der Waals surface area contributed by atoms with Crippen molar-refractivity contribution < 1.29 is 9.53 Å². The summed E-state index contributed by atoms with van der Waals surface area (Å²) in [5.74, 6) is 0.559. The van der Waals surface area contributed by atoms with Crippen LogP contribution in [-0.4, -0.2) is 12.9 Å². The average Bonchev–Trinajstić information content (AvgIpc) is 2.45. The Hall–Kier alpha value is -2.35. The first-order valence-electron chi connectivity index (χ1n) is 6.13. The molecule has 0 spiro atoms. The second-order valence-corrected chi connectivity index (χ2v) is 4.31. The van der Waals surface area contributed by atoms with Crippen LogP contribution in [0.2, 0.25) is 0 Å². The molecule has 19 heavy (non-hydrogen) atoms. The molecule has 0 saturated carbocycles. The fraction of sp³-hybridized carbons (Fsp3) is 0.118. The minimum Gasteiger partial charge on any atom is -0.496 e. The first-order chi connectivity index (χ1) is 9.20. The van der Waals surface area contributed by atoms with Gasteiger partial charge >= 0.3 is 0 Å². The van der Waals surface area contributed by atoms with Crippen LogP contribution in [0.15, 0.2) is 54.6 Å². The summed E-state index contributed by atoms with van der Waals surface area (Å²) in [5.41, 5.74) is 2.66. The van der Waals surface area contributed by atoms with Gasteiger partial charge in [-0.15, -0.1) is 0 Å². The van der Waals surface area contributed by atoms with Gasteiger partial charge in [0.2, 0.25) is 0 Å². The Morgan fingerprint density at radius 3 is 2.53 bits per heavy atom. The molecule has 96 valence electrons. The van der Waals surface area contributed by atoms with E-state index >= 15 is 0 Å². The number of methoxy groups -OCH3 is 1. The Balaban J connectivity index is 2.23. The smallest absolute Gasteiger partial charge is 0.189 e. The quantitative estimate of drug-likeness (QED) is 0.609. The molecule has 0 heterocycles. The summed E-state index contributed by atoms with van der Waals surface area (Å²) < 4.78 is 5.24. The number of hydrogen-bond acceptors (Lipinski definition) is 2. The molecule has 0 N–H and O–H groups in total. The van der Waals surface area contributed by atoms with E-state index in [1.165, 1.54) is 0 Å². The molecule has 2 rings (SSSR count). The summed E-state index contributed by atoms with van der Waals surface area (Å²) in [7, 11) is 1.58. The lowest BCUT2D eigenvalue weighted by Gasteiger charge is -2.06. The van der Waals surface area contributed by atoms with Crippen molar-refractivity contribution in [1.29, 1.82) is 0 Å². The van der Waals surface area contributed by atoms with E-state index in [0.29, 0.717) is 11.3 Å². The van der Waals surface area contributed by atoms with Crippen LogP contribution in [0.3, 0.4) is 0 Å². The Morgan fingerprint density at radius 2 is 1.84 bits per heavy atom. The minimum atomic E-state index is -0.0549. The van der Waals surface area contributed by atoms with E-state index < -0.39 is 0 Å². The lowest BCUT2D eigenvalue weighted by atomic mass is 10.1. The Labute approximate surface area is 113 Å². The van der Waals surface area contributed by atoms with Crippen molar-refractivity contribution in [3.63, 3.8) is 0 Å². The van der Waals surface area contributed by atoms with Gasteiger partial charge in [0.25, 0.3) is 0 Å². The number of aryl methyl sites for hydroxylation is 1. The van der Waals surface area contributed by atoms with Crippen molar-refractivity contribution in [3.05, 3.63) is 71.3 Å². The van der Waals surface area contributed by atoms with Crippen molar-refractivity contribution in [2.45, 2.75) is 6.92 Å². The molecular formula is C17H16O2.